The van der Waals surface area contributed by atoms with Crippen molar-refractivity contribution in [3.8, 4) is 5.69 Å². The Labute approximate surface area is 151 Å². The zero-order valence-electron chi connectivity index (χ0n) is 14.4. The van der Waals surface area contributed by atoms with Gasteiger partial charge in [0.25, 0.3) is 5.91 Å². The van der Waals surface area contributed by atoms with Crippen LogP contribution in [0.3, 0.4) is 0 Å². The molecule has 0 bridgehead atoms. The van der Waals surface area contributed by atoms with Gasteiger partial charge in [0.05, 0.1) is 18.8 Å². The van der Waals surface area contributed by atoms with E-state index in [1.165, 1.54) is 0 Å². The van der Waals surface area contributed by atoms with Crippen molar-refractivity contribution in [1.82, 2.24) is 25.1 Å². The van der Waals surface area contributed by atoms with Crippen LogP contribution < -0.4 is 0 Å². The molecule has 1 aromatic heterocycles. The molecule has 26 heavy (non-hydrogen) atoms. The smallest absolute Gasteiger partial charge is 0.254 e. The minimum absolute atomic E-state index is 0.0122. The minimum atomic E-state index is -0.0983. The lowest BCUT2D eigenvalue weighted by Gasteiger charge is -2.33. The summed E-state index contributed by atoms with van der Waals surface area (Å²) in [5.41, 5.74) is 2.47. The maximum Gasteiger partial charge on any atom is 0.254 e. The highest BCUT2D eigenvalue weighted by molar-refractivity contribution is 5.94. The zero-order chi connectivity index (χ0) is 17.9. The molecule has 1 aliphatic rings. The van der Waals surface area contributed by atoms with E-state index < -0.39 is 0 Å². The third-order valence-corrected chi connectivity index (χ3v) is 4.49. The second-order valence-corrected chi connectivity index (χ2v) is 6.21. The van der Waals surface area contributed by atoms with Gasteiger partial charge in [-0.3, -0.25) is 4.79 Å². The standard InChI is InChI=1S/C19H19N5O2/c1-14-20-21-22-24(14)17-9-5-8-16(12-17)19(25)23-10-11-26-18(13-23)15-6-3-2-4-7-15/h2-9,12,18H,10-11,13H2,1H3/t18-/m1/s1. The van der Waals surface area contributed by atoms with Gasteiger partial charge in [0.1, 0.15) is 6.10 Å². The molecule has 1 atom stereocenters. The summed E-state index contributed by atoms with van der Waals surface area (Å²) in [5.74, 6) is 0.659. The largest absolute Gasteiger partial charge is 0.370 e. The molecule has 7 nitrogen and oxygen atoms in total. The summed E-state index contributed by atoms with van der Waals surface area (Å²) in [7, 11) is 0. The van der Waals surface area contributed by atoms with Gasteiger partial charge in [0, 0.05) is 12.1 Å². The molecular weight excluding hydrogens is 330 g/mol. The maximum absolute atomic E-state index is 13.0. The van der Waals surface area contributed by atoms with E-state index in [-0.39, 0.29) is 12.0 Å². The summed E-state index contributed by atoms with van der Waals surface area (Å²) >= 11 is 0. The van der Waals surface area contributed by atoms with Gasteiger partial charge in [-0.05, 0) is 41.1 Å². The Morgan fingerprint density at radius 2 is 2.00 bits per heavy atom. The van der Waals surface area contributed by atoms with Crippen LogP contribution in [0.1, 0.15) is 27.8 Å². The van der Waals surface area contributed by atoms with Crippen molar-refractivity contribution in [2.24, 2.45) is 0 Å². The normalized spacial score (nSPS) is 17.3. The van der Waals surface area contributed by atoms with Crippen LogP contribution in [0.15, 0.2) is 54.6 Å². The minimum Gasteiger partial charge on any atom is -0.370 e. The molecule has 7 heteroatoms. The first-order valence-corrected chi connectivity index (χ1v) is 8.53. The van der Waals surface area contributed by atoms with Crippen molar-refractivity contribution >= 4 is 5.91 Å². The number of tetrazole rings is 1. The van der Waals surface area contributed by atoms with Crippen LogP contribution >= 0.6 is 0 Å². The summed E-state index contributed by atoms with van der Waals surface area (Å²) in [6, 6.07) is 17.4. The molecule has 2 heterocycles. The maximum atomic E-state index is 13.0. The molecule has 2 aromatic carbocycles. The number of rotatable bonds is 3. The molecule has 0 radical (unpaired) electrons. The molecule has 1 saturated heterocycles. The molecule has 0 aliphatic carbocycles. The van der Waals surface area contributed by atoms with E-state index in [4.69, 9.17) is 4.74 Å². The molecular formula is C19H19N5O2. The highest BCUT2D eigenvalue weighted by Gasteiger charge is 2.26. The van der Waals surface area contributed by atoms with Crippen molar-refractivity contribution in [3.63, 3.8) is 0 Å². The van der Waals surface area contributed by atoms with Gasteiger partial charge in [-0.1, -0.05) is 36.4 Å². The van der Waals surface area contributed by atoms with Crippen molar-refractivity contribution in [3.05, 3.63) is 71.5 Å². The zero-order valence-corrected chi connectivity index (χ0v) is 14.4. The van der Waals surface area contributed by atoms with E-state index in [9.17, 15) is 4.79 Å². The van der Waals surface area contributed by atoms with Crippen LogP contribution in [0.5, 0.6) is 0 Å². The fourth-order valence-electron chi connectivity index (χ4n) is 3.13. The topological polar surface area (TPSA) is 73.1 Å². The van der Waals surface area contributed by atoms with Gasteiger partial charge in [0.15, 0.2) is 5.82 Å². The number of hydrogen-bond donors (Lipinski definition) is 0. The fourth-order valence-corrected chi connectivity index (χ4v) is 3.13. The van der Waals surface area contributed by atoms with E-state index in [0.29, 0.717) is 31.1 Å². The van der Waals surface area contributed by atoms with Crippen molar-refractivity contribution < 1.29 is 9.53 Å². The Kier molecular flexibility index (Phi) is 4.45. The number of aromatic nitrogens is 4. The molecule has 4 rings (SSSR count). The second-order valence-electron chi connectivity index (χ2n) is 6.21. The summed E-state index contributed by atoms with van der Waals surface area (Å²) in [6.45, 7) is 3.46. The highest BCUT2D eigenvalue weighted by Crippen LogP contribution is 2.23. The number of carbonyl (C=O) groups is 1. The SMILES string of the molecule is Cc1nnnn1-c1cccc(C(=O)N2CCO[C@@H](c3ccccc3)C2)c1. The Balaban J connectivity index is 1.55. The lowest BCUT2D eigenvalue weighted by Crippen LogP contribution is -2.42. The number of ether oxygens (including phenoxy) is 1. The Bertz CT molecular complexity index is 909. The average Bonchev–Trinajstić information content (AvgIpc) is 3.14. The van der Waals surface area contributed by atoms with Gasteiger partial charge in [-0.15, -0.1) is 5.10 Å². The van der Waals surface area contributed by atoms with Gasteiger partial charge in [-0.2, -0.15) is 4.68 Å². The number of amides is 1. The van der Waals surface area contributed by atoms with E-state index >= 15 is 0 Å². The average molecular weight is 349 g/mol. The summed E-state index contributed by atoms with van der Waals surface area (Å²) < 4.78 is 7.47. The lowest BCUT2D eigenvalue weighted by atomic mass is 10.1. The Hall–Kier alpha value is -3.06. The third kappa shape index (κ3) is 3.21. The second kappa shape index (κ2) is 7.05. The number of hydrogen-bond acceptors (Lipinski definition) is 5. The summed E-state index contributed by atoms with van der Waals surface area (Å²) in [6.07, 6.45) is -0.0983. The first-order chi connectivity index (χ1) is 12.7. The molecule has 1 fully saturated rings. The highest BCUT2D eigenvalue weighted by atomic mass is 16.5. The quantitative estimate of drug-likeness (QED) is 0.725. The molecule has 0 spiro atoms. The number of nitrogens with zero attached hydrogens (tertiary/aromatic N) is 5. The van der Waals surface area contributed by atoms with E-state index in [1.54, 1.807) is 4.68 Å². The van der Waals surface area contributed by atoms with E-state index in [1.807, 2.05) is 66.4 Å². The van der Waals surface area contributed by atoms with Crippen LogP contribution in [0.25, 0.3) is 5.69 Å². The van der Waals surface area contributed by atoms with Gasteiger partial charge < -0.3 is 9.64 Å². The summed E-state index contributed by atoms with van der Waals surface area (Å²) in [4.78, 5) is 14.8. The predicted octanol–water partition coefficient (Wildman–Crippen LogP) is 2.18. The lowest BCUT2D eigenvalue weighted by molar-refractivity contribution is -0.0228. The first-order valence-electron chi connectivity index (χ1n) is 8.53. The number of benzene rings is 2. The van der Waals surface area contributed by atoms with Crippen LogP contribution in [-0.2, 0) is 4.74 Å². The molecule has 132 valence electrons. The summed E-state index contributed by atoms with van der Waals surface area (Å²) in [5, 5.41) is 11.5. The van der Waals surface area contributed by atoms with Crippen molar-refractivity contribution in [2.45, 2.75) is 13.0 Å². The molecule has 0 saturated carbocycles. The number of morpholine rings is 1. The number of aryl methyl sites for hydroxylation is 1. The predicted molar refractivity (Wildman–Crippen MR) is 94.9 cm³/mol. The Morgan fingerprint density at radius 3 is 2.77 bits per heavy atom. The van der Waals surface area contributed by atoms with Crippen LogP contribution in [0.2, 0.25) is 0 Å². The van der Waals surface area contributed by atoms with Crippen LogP contribution in [0, 0.1) is 6.92 Å². The molecule has 1 aliphatic heterocycles. The van der Waals surface area contributed by atoms with Gasteiger partial charge >= 0.3 is 0 Å². The van der Waals surface area contributed by atoms with Crippen LogP contribution in [-0.4, -0.2) is 50.7 Å². The first kappa shape index (κ1) is 16.4. The Morgan fingerprint density at radius 1 is 1.15 bits per heavy atom. The van der Waals surface area contributed by atoms with E-state index in [2.05, 4.69) is 15.5 Å². The molecule has 3 aromatic rings. The third-order valence-electron chi connectivity index (χ3n) is 4.49. The molecule has 0 N–H and O–H groups in total. The molecule has 1 amide bonds. The van der Waals surface area contributed by atoms with Gasteiger partial charge in [-0.25, -0.2) is 0 Å². The monoisotopic (exact) mass is 349 g/mol. The van der Waals surface area contributed by atoms with E-state index in [0.717, 1.165) is 11.3 Å². The van der Waals surface area contributed by atoms with Crippen LogP contribution in [0.4, 0.5) is 0 Å². The van der Waals surface area contributed by atoms with Gasteiger partial charge in [0.2, 0.25) is 0 Å². The number of carbonyl (C=O) groups excluding carboxylic acids is 1. The molecule has 0 unspecified atom stereocenters. The fraction of sp³-hybridized carbons (Fsp3) is 0.263. The van der Waals surface area contributed by atoms with Crippen molar-refractivity contribution in [2.75, 3.05) is 19.7 Å². The van der Waals surface area contributed by atoms with Crippen molar-refractivity contribution in [1.29, 1.82) is 0 Å².